The van der Waals surface area contributed by atoms with Gasteiger partial charge < -0.3 is 45.2 Å². The molecule has 0 bridgehead atoms. The Kier molecular flexibility index (Phi) is 13.2. The molecule has 0 amide bonds. The van der Waals surface area contributed by atoms with E-state index in [4.69, 9.17) is 24.7 Å². The van der Waals surface area contributed by atoms with E-state index in [-0.39, 0.29) is 31.1 Å². The van der Waals surface area contributed by atoms with Gasteiger partial charge in [0.05, 0.1) is 19.3 Å². The molecule has 0 fully saturated rings. The van der Waals surface area contributed by atoms with Crippen molar-refractivity contribution in [2.75, 3.05) is 39.5 Å². The molecule has 6 N–H and O–H groups in total. The lowest BCUT2D eigenvalue weighted by molar-refractivity contribution is -0.148. The van der Waals surface area contributed by atoms with Gasteiger partial charge in [-0.2, -0.15) is 0 Å². The van der Waals surface area contributed by atoms with Crippen LogP contribution in [0.2, 0.25) is 0 Å². The summed E-state index contributed by atoms with van der Waals surface area (Å²) in [5, 5.41) is 27.3. The monoisotopic (exact) mass is 645 g/mol. The van der Waals surface area contributed by atoms with Gasteiger partial charge in [-0.05, 0) is 74.0 Å². The van der Waals surface area contributed by atoms with E-state index in [9.17, 15) is 15.0 Å². The number of aromatic amines is 1. The quantitative estimate of drug-likeness (QED) is 0.113. The number of aromatic hydroxyl groups is 1. The number of esters is 1. The van der Waals surface area contributed by atoms with Crippen molar-refractivity contribution in [3.05, 3.63) is 101 Å². The molecule has 1 aromatic heterocycles. The van der Waals surface area contributed by atoms with Crippen LogP contribution in [0.5, 0.6) is 5.75 Å². The van der Waals surface area contributed by atoms with Gasteiger partial charge in [-0.3, -0.25) is 0 Å². The smallest absolute Gasteiger partial charge is 0.342 e. The summed E-state index contributed by atoms with van der Waals surface area (Å²) in [6.45, 7) is 2.09. The van der Waals surface area contributed by atoms with Crippen LogP contribution in [-0.2, 0) is 38.4 Å². The predicted octanol–water partition coefficient (Wildman–Crippen LogP) is 4.26. The van der Waals surface area contributed by atoms with Crippen molar-refractivity contribution in [3.8, 4) is 5.75 Å². The van der Waals surface area contributed by atoms with Crippen molar-refractivity contribution in [1.29, 1.82) is 0 Å². The number of fused-ring (bicyclic) bond motifs is 2. The number of unbranched alkanes of at least 4 members (excludes halogenated alkanes) is 1. The minimum atomic E-state index is -1.12. The van der Waals surface area contributed by atoms with Crippen molar-refractivity contribution in [2.24, 2.45) is 5.73 Å². The molecule has 1 aliphatic heterocycles. The molecule has 4 aromatic rings. The summed E-state index contributed by atoms with van der Waals surface area (Å²) in [7, 11) is 0. The van der Waals surface area contributed by atoms with Gasteiger partial charge in [-0.25, -0.2) is 4.79 Å². The van der Waals surface area contributed by atoms with Gasteiger partial charge >= 0.3 is 5.97 Å². The SMILES string of the molecule is NCCCCOC1C(NCCc2c[nH]c3ccccc23)COC(=O)c2c(O)cccc2CCCOCC(OCc2ccccc2)C1O. The zero-order chi connectivity index (χ0) is 32.8. The topological polar surface area (TPSA) is 148 Å². The van der Waals surface area contributed by atoms with E-state index in [1.54, 1.807) is 6.07 Å². The Labute approximate surface area is 276 Å². The lowest BCUT2D eigenvalue weighted by Crippen LogP contribution is -2.55. The summed E-state index contributed by atoms with van der Waals surface area (Å²) in [5.74, 6) is -0.763. The van der Waals surface area contributed by atoms with Crippen LogP contribution in [0, 0.1) is 0 Å². The van der Waals surface area contributed by atoms with E-state index in [1.807, 2.05) is 60.8 Å². The van der Waals surface area contributed by atoms with Crippen molar-refractivity contribution in [3.63, 3.8) is 0 Å². The number of aliphatic hydroxyl groups excluding tert-OH is 1. The average molecular weight is 646 g/mol. The molecule has 2 heterocycles. The first-order valence-corrected chi connectivity index (χ1v) is 16.5. The number of aliphatic hydroxyl groups is 1. The third-order valence-electron chi connectivity index (χ3n) is 8.55. The Balaban J connectivity index is 1.41. The molecule has 0 saturated carbocycles. The lowest BCUT2D eigenvalue weighted by atomic mass is 9.99. The number of rotatable bonds is 12. The highest BCUT2D eigenvalue weighted by atomic mass is 16.6. The molecule has 252 valence electrons. The lowest BCUT2D eigenvalue weighted by Gasteiger charge is -2.35. The second-order valence-corrected chi connectivity index (χ2v) is 11.9. The molecule has 0 spiro atoms. The van der Waals surface area contributed by atoms with Gasteiger partial charge in [0.25, 0.3) is 0 Å². The van der Waals surface area contributed by atoms with Gasteiger partial charge in [0.15, 0.2) is 0 Å². The fourth-order valence-corrected chi connectivity index (χ4v) is 5.99. The number of phenolic OH excluding ortho intramolecular Hbond substituents is 1. The number of carbonyl (C=O) groups excluding carboxylic acids is 1. The molecule has 5 rings (SSSR count). The summed E-state index contributed by atoms with van der Waals surface area (Å²) in [5.41, 5.74) is 9.75. The number of nitrogens with two attached hydrogens (primary N) is 1. The summed E-state index contributed by atoms with van der Waals surface area (Å²) in [6, 6.07) is 22.3. The second kappa shape index (κ2) is 18.0. The number of H-pyrrole nitrogens is 1. The summed E-state index contributed by atoms with van der Waals surface area (Å²) in [6.07, 6.45) is 2.61. The number of nitrogens with one attached hydrogen (secondary N) is 2. The van der Waals surface area contributed by atoms with Crippen LogP contribution in [0.4, 0.5) is 0 Å². The highest BCUT2D eigenvalue weighted by molar-refractivity contribution is 5.94. The number of para-hydroxylation sites is 1. The van der Waals surface area contributed by atoms with Crippen LogP contribution in [0.3, 0.4) is 0 Å². The van der Waals surface area contributed by atoms with E-state index >= 15 is 0 Å². The van der Waals surface area contributed by atoms with Crippen LogP contribution >= 0.6 is 0 Å². The maximum absolute atomic E-state index is 13.5. The number of aryl methyl sites for hydroxylation is 1. The number of hydrogen-bond acceptors (Lipinski definition) is 9. The normalized spacial score (nSPS) is 21.2. The van der Waals surface area contributed by atoms with Crippen molar-refractivity contribution >= 4 is 16.9 Å². The molecule has 10 nitrogen and oxygen atoms in total. The molecule has 4 unspecified atom stereocenters. The summed E-state index contributed by atoms with van der Waals surface area (Å²) < 4.78 is 24.6. The fourth-order valence-electron chi connectivity index (χ4n) is 5.99. The van der Waals surface area contributed by atoms with Gasteiger partial charge in [0.2, 0.25) is 0 Å². The number of cyclic esters (lactones) is 1. The van der Waals surface area contributed by atoms with E-state index in [0.29, 0.717) is 57.6 Å². The van der Waals surface area contributed by atoms with Crippen LogP contribution in [0.15, 0.2) is 79.0 Å². The Hall–Kier alpha value is -3.77. The van der Waals surface area contributed by atoms with E-state index in [0.717, 1.165) is 28.5 Å². The molecule has 10 heteroatoms. The number of aromatic nitrogens is 1. The van der Waals surface area contributed by atoms with E-state index < -0.39 is 30.3 Å². The molecule has 4 atom stereocenters. The van der Waals surface area contributed by atoms with Gasteiger partial charge in [0.1, 0.15) is 36.2 Å². The van der Waals surface area contributed by atoms with Gasteiger partial charge in [0, 0.05) is 30.3 Å². The molecular weight excluding hydrogens is 598 g/mol. The van der Waals surface area contributed by atoms with Gasteiger partial charge in [-0.15, -0.1) is 0 Å². The minimum Gasteiger partial charge on any atom is -0.507 e. The largest absolute Gasteiger partial charge is 0.507 e. The maximum atomic E-state index is 13.5. The Morgan fingerprint density at radius 1 is 0.979 bits per heavy atom. The molecule has 47 heavy (non-hydrogen) atoms. The number of ether oxygens (including phenoxy) is 4. The number of phenols is 1. The molecule has 0 radical (unpaired) electrons. The second-order valence-electron chi connectivity index (χ2n) is 11.9. The van der Waals surface area contributed by atoms with Crippen molar-refractivity contribution in [1.82, 2.24) is 10.3 Å². The zero-order valence-corrected chi connectivity index (χ0v) is 26.8. The first kappa shape index (κ1) is 34.6. The predicted molar refractivity (Wildman–Crippen MR) is 180 cm³/mol. The summed E-state index contributed by atoms with van der Waals surface area (Å²) >= 11 is 0. The number of carbonyl (C=O) groups is 1. The highest BCUT2D eigenvalue weighted by Gasteiger charge is 2.37. The van der Waals surface area contributed by atoms with Crippen LogP contribution in [0.25, 0.3) is 10.9 Å². The first-order chi connectivity index (χ1) is 23.0. The van der Waals surface area contributed by atoms with E-state index in [1.165, 1.54) is 6.07 Å². The van der Waals surface area contributed by atoms with Crippen molar-refractivity contribution < 1.29 is 34.0 Å². The Morgan fingerprint density at radius 2 is 1.81 bits per heavy atom. The molecule has 0 saturated heterocycles. The molecule has 0 aliphatic carbocycles. The number of hydrogen-bond donors (Lipinski definition) is 5. The molecule has 3 aromatic carbocycles. The van der Waals surface area contributed by atoms with E-state index in [2.05, 4.69) is 16.4 Å². The molecule has 1 aliphatic rings. The third kappa shape index (κ3) is 9.63. The Morgan fingerprint density at radius 3 is 2.66 bits per heavy atom. The maximum Gasteiger partial charge on any atom is 0.342 e. The fraction of sp³-hybridized carbons (Fsp3) is 0.432. The first-order valence-electron chi connectivity index (χ1n) is 16.5. The highest BCUT2D eigenvalue weighted by Crippen LogP contribution is 2.25. The Bertz CT molecular complexity index is 1530. The average Bonchev–Trinajstić information content (AvgIpc) is 3.50. The standard InChI is InChI=1S/C37H47N3O7/c38-18-6-7-21-45-36-31(39-19-17-28-22-40-30-15-5-4-14-29(28)30)24-47-37(43)34-27(12-8-16-32(34)41)13-9-20-44-25-33(35(36)42)46-23-26-10-2-1-3-11-26/h1-5,8,10-12,14-16,22,31,33,35-36,39-42H,6-7,9,13,17-21,23-25,38H2. The third-order valence-corrected chi connectivity index (χ3v) is 8.55. The minimum absolute atomic E-state index is 0.106. The van der Waals surface area contributed by atoms with Crippen molar-refractivity contribution in [2.45, 2.75) is 63.1 Å². The van der Waals surface area contributed by atoms with Crippen LogP contribution < -0.4 is 11.1 Å². The van der Waals surface area contributed by atoms with Crippen LogP contribution in [-0.4, -0.2) is 85.0 Å². The zero-order valence-electron chi connectivity index (χ0n) is 26.8. The number of benzene rings is 3. The van der Waals surface area contributed by atoms with Gasteiger partial charge in [-0.1, -0.05) is 60.7 Å². The molecular formula is C37H47N3O7. The summed E-state index contributed by atoms with van der Waals surface area (Å²) in [4.78, 5) is 16.8. The van der Waals surface area contributed by atoms with Crippen LogP contribution in [0.1, 0.15) is 46.3 Å².